The molecule has 12 heteroatoms. The Hall–Kier alpha value is -5.12. The van der Waals surface area contributed by atoms with Gasteiger partial charge in [0.2, 0.25) is 0 Å². The Bertz CT molecular complexity index is 2010. The van der Waals surface area contributed by atoms with E-state index in [1.165, 1.54) is 6.07 Å². The smallest absolute Gasteiger partial charge is 0.323 e. The van der Waals surface area contributed by atoms with Crippen LogP contribution in [-0.4, -0.2) is 54.0 Å². The van der Waals surface area contributed by atoms with Gasteiger partial charge in [-0.05, 0) is 66.1 Å². The van der Waals surface area contributed by atoms with E-state index < -0.39 is 5.82 Å². The molecule has 6 aromatic rings. The number of hydrogen-bond donors (Lipinski definition) is 3. The van der Waals surface area contributed by atoms with E-state index in [0.29, 0.717) is 53.1 Å². The summed E-state index contributed by atoms with van der Waals surface area (Å²) in [4.78, 5) is 17.2. The van der Waals surface area contributed by atoms with Gasteiger partial charge in [-0.2, -0.15) is 10.4 Å². The van der Waals surface area contributed by atoms with Gasteiger partial charge in [0.05, 0.1) is 52.7 Å². The molecule has 1 aliphatic heterocycles. The molecular weight excluding hydrogens is 525 g/mol. The number of fused-ring (bicyclic) bond motifs is 2. The lowest BCUT2D eigenvalue weighted by Crippen LogP contribution is -2.29. The van der Waals surface area contributed by atoms with Crippen molar-refractivity contribution in [2.75, 3.05) is 13.2 Å². The molecule has 1 saturated heterocycles. The van der Waals surface area contributed by atoms with Crippen LogP contribution in [0.3, 0.4) is 0 Å². The van der Waals surface area contributed by atoms with Crippen molar-refractivity contribution in [2.45, 2.75) is 25.6 Å². The molecule has 3 aromatic carbocycles. The van der Waals surface area contributed by atoms with E-state index in [1.807, 2.05) is 28.9 Å². The quantitative estimate of drug-likeness (QED) is 0.277. The lowest BCUT2D eigenvalue weighted by molar-refractivity contribution is 0.190. The normalized spacial score (nSPS) is 15.2. The first kappa shape index (κ1) is 24.9. The molecule has 3 aromatic heterocycles. The van der Waals surface area contributed by atoms with Crippen molar-refractivity contribution in [3.05, 3.63) is 93.8 Å². The first-order valence-electron chi connectivity index (χ1n) is 13.2. The van der Waals surface area contributed by atoms with Gasteiger partial charge in [0, 0.05) is 31.0 Å². The van der Waals surface area contributed by atoms with Crippen LogP contribution < -0.4 is 11.0 Å². The van der Waals surface area contributed by atoms with E-state index in [1.54, 1.807) is 35.1 Å². The van der Waals surface area contributed by atoms with E-state index in [0.717, 1.165) is 29.8 Å². The van der Waals surface area contributed by atoms with Crippen molar-refractivity contribution in [3.8, 4) is 23.0 Å². The van der Waals surface area contributed by atoms with Crippen LogP contribution in [0.25, 0.3) is 39.0 Å². The highest BCUT2D eigenvalue weighted by Crippen LogP contribution is 2.29. The van der Waals surface area contributed by atoms with Gasteiger partial charge in [-0.15, -0.1) is 5.10 Å². The Balaban J connectivity index is 1.24. The molecule has 0 spiro atoms. The SMILES string of the molecule is N#Cc1ccc(Cn2nccc2-c2cc(F)c3nnn(-c4ccc5[nH]c(=O)[nH]c5c4)c3c2)c(CN[C@H]2CCOC2)c1. The van der Waals surface area contributed by atoms with Crippen LogP contribution in [0.5, 0.6) is 0 Å². The molecule has 1 aliphatic rings. The number of H-pyrrole nitrogens is 2. The van der Waals surface area contributed by atoms with Gasteiger partial charge in [-0.25, -0.2) is 13.9 Å². The fourth-order valence-electron chi connectivity index (χ4n) is 5.30. The molecule has 0 unspecified atom stereocenters. The molecule has 4 heterocycles. The summed E-state index contributed by atoms with van der Waals surface area (Å²) in [5.74, 6) is -0.505. The van der Waals surface area contributed by atoms with Crippen molar-refractivity contribution in [1.82, 2.24) is 40.1 Å². The molecule has 0 bridgehead atoms. The summed E-state index contributed by atoms with van der Waals surface area (Å²) in [6.07, 6.45) is 2.63. The molecule has 1 atom stereocenters. The zero-order valence-corrected chi connectivity index (χ0v) is 21.8. The maximum Gasteiger partial charge on any atom is 0.323 e. The second kappa shape index (κ2) is 10.1. The summed E-state index contributed by atoms with van der Waals surface area (Å²) in [6, 6.07) is 18.5. The van der Waals surface area contributed by atoms with Crippen LogP contribution >= 0.6 is 0 Å². The number of imidazole rings is 1. The molecule has 0 aliphatic carbocycles. The van der Waals surface area contributed by atoms with Crippen molar-refractivity contribution < 1.29 is 9.13 Å². The van der Waals surface area contributed by atoms with Crippen molar-refractivity contribution >= 4 is 22.1 Å². The lowest BCUT2D eigenvalue weighted by Gasteiger charge is -2.16. The number of ether oxygens (including phenoxy) is 1. The number of rotatable bonds is 7. The molecule has 11 nitrogen and oxygen atoms in total. The minimum Gasteiger partial charge on any atom is -0.380 e. The summed E-state index contributed by atoms with van der Waals surface area (Å²) < 4.78 is 24.2. The molecule has 0 saturated carbocycles. The zero-order chi connectivity index (χ0) is 27.9. The molecule has 3 N–H and O–H groups in total. The average Bonchev–Trinajstić information content (AvgIpc) is 3.78. The third-order valence-electron chi connectivity index (χ3n) is 7.43. The lowest BCUT2D eigenvalue weighted by atomic mass is 10.0. The highest BCUT2D eigenvalue weighted by atomic mass is 19.1. The Morgan fingerprint density at radius 2 is 2.00 bits per heavy atom. The number of aromatic nitrogens is 7. The number of benzene rings is 3. The summed E-state index contributed by atoms with van der Waals surface area (Å²) in [7, 11) is 0. The third-order valence-corrected chi connectivity index (χ3v) is 7.43. The maximum absolute atomic E-state index is 15.3. The van der Waals surface area contributed by atoms with E-state index in [4.69, 9.17) is 4.74 Å². The minimum atomic E-state index is -0.505. The monoisotopic (exact) mass is 549 g/mol. The number of aromatic amines is 2. The summed E-state index contributed by atoms with van der Waals surface area (Å²) >= 11 is 0. The number of nitrogens with one attached hydrogen (secondary N) is 3. The number of hydrogen-bond acceptors (Lipinski definition) is 7. The maximum atomic E-state index is 15.3. The van der Waals surface area contributed by atoms with Gasteiger partial charge in [0.1, 0.15) is 5.52 Å². The van der Waals surface area contributed by atoms with Crippen LogP contribution in [0.15, 0.2) is 65.6 Å². The Kier molecular flexibility index (Phi) is 6.15. The van der Waals surface area contributed by atoms with Gasteiger partial charge >= 0.3 is 5.69 Å². The Labute approximate surface area is 232 Å². The fourth-order valence-corrected chi connectivity index (χ4v) is 5.30. The number of halogens is 1. The van der Waals surface area contributed by atoms with Gasteiger partial charge in [-0.3, -0.25) is 4.68 Å². The molecule has 1 fully saturated rings. The predicted octanol–water partition coefficient (Wildman–Crippen LogP) is 3.39. The summed E-state index contributed by atoms with van der Waals surface area (Å²) in [5.41, 5.74) is 6.13. The highest BCUT2D eigenvalue weighted by Gasteiger charge is 2.18. The average molecular weight is 550 g/mol. The Morgan fingerprint density at radius 3 is 2.85 bits per heavy atom. The van der Waals surface area contributed by atoms with Crippen LogP contribution in [0.4, 0.5) is 4.39 Å². The van der Waals surface area contributed by atoms with Crippen molar-refractivity contribution in [3.63, 3.8) is 0 Å². The van der Waals surface area contributed by atoms with Crippen LogP contribution in [0, 0.1) is 17.1 Å². The van der Waals surface area contributed by atoms with Crippen LogP contribution in [-0.2, 0) is 17.8 Å². The van der Waals surface area contributed by atoms with Gasteiger partial charge in [0.25, 0.3) is 0 Å². The summed E-state index contributed by atoms with van der Waals surface area (Å²) in [6.45, 7) is 2.45. The highest BCUT2D eigenvalue weighted by molar-refractivity contribution is 5.84. The summed E-state index contributed by atoms with van der Waals surface area (Å²) in [5, 5.41) is 25.8. The fraction of sp³-hybridized carbons (Fsp3) is 0.207. The van der Waals surface area contributed by atoms with Crippen LogP contribution in [0.2, 0.25) is 0 Å². The molecule has 204 valence electrons. The van der Waals surface area contributed by atoms with Gasteiger partial charge in [-0.1, -0.05) is 11.3 Å². The van der Waals surface area contributed by atoms with Crippen molar-refractivity contribution in [2.24, 2.45) is 0 Å². The van der Waals surface area contributed by atoms with Gasteiger partial charge in [0.15, 0.2) is 5.82 Å². The van der Waals surface area contributed by atoms with Gasteiger partial charge < -0.3 is 20.0 Å². The first-order chi connectivity index (χ1) is 20.1. The van der Waals surface area contributed by atoms with Crippen molar-refractivity contribution in [1.29, 1.82) is 5.26 Å². The van der Waals surface area contributed by atoms with E-state index in [2.05, 4.69) is 36.8 Å². The standard InChI is InChI=1S/C29H24FN9O2/c30-23-10-19(11-27-28(23)36-37-39(27)22-3-4-24-25(12-22)35-29(40)34-24)26-5-7-33-38(26)15-18-2-1-17(13-31)9-20(18)14-32-21-6-8-41-16-21/h1-5,7,9-12,21,32H,6,8,14-16H2,(H2,34,35,40)/t21-/m0/s1. The van der Waals surface area contributed by atoms with E-state index in [-0.39, 0.29) is 17.2 Å². The minimum absolute atomic E-state index is 0.138. The Morgan fingerprint density at radius 1 is 1.10 bits per heavy atom. The zero-order valence-electron chi connectivity index (χ0n) is 21.8. The largest absolute Gasteiger partial charge is 0.380 e. The third kappa shape index (κ3) is 4.67. The molecule has 0 radical (unpaired) electrons. The number of nitrogens with zero attached hydrogens (tertiary/aromatic N) is 6. The molecule has 0 amide bonds. The molecule has 7 rings (SSSR count). The van der Waals surface area contributed by atoms with E-state index >= 15 is 4.39 Å². The second-order valence-electron chi connectivity index (χ2n) is 10.0. The van der Waals surface area contributed by atoms with E-state index in [9.17, 15) is 10.1 Å². The van der Waals surface area contributed by atoms with Crippen LogP contribution in [0.1, 0.15) is 23.1 Å². The molecule has 41 heavy (non-hydrogen) atoms. The first-order valence-corrected chi connectivity index (χ1v) is 13.2. The number of nitriles is 1. The predicted molar refractivity (Wildman–Crippen MR) is 149 cm³/mol. The second-order valence-corrected chi connectivity index (χ2v) is 10.0. The topological polar surface area (TPSA) is 142 Å². The molecular formula is C29H24FN9O2.